The summed E-state index contributed by atoms with van der Waals surface area (Å²) in [6, 6.07) is 9.65. The van der Waals surface area contributed by atoms with E-state index >= 15 is 0 Å². The van der Waals surface area contributed by atoms with Gasteiger partial charge in [0, 0.05) is 19.2 Å². The SMILES string of the molecule is COC(=O)CCN(CC(C)C)C(=O)/C=C/c1ccccc1. The number of rotatable bonds is 7. The molecule has 0 heterocycles. The zero-order valence-corrected chi connectivity index (χ0v) is 12.9. The Balaban J connectivity index is 2.66. The summed E-state index contributed by atoms with van der Waals surface area (Å²) < 4.78 is 4.62. The third-order valence-electron chi connectivity index (χ3n) is 2.93. The number of carbonyl (C=O) groups is 2. The quantitative estimate of drug-likeness (QED) is 0.573. The predicted octanol–water partition coefficient (Wildman–Crippen LogP) is 2.75. The molecule has 0 radical (unpaired) electrons. The molecule has 1 aromatic carbocycles. The van der Waals surface area contributed by atoms with Gasteiger partial charge in [-0.1, -0.05) is 44.2 Å². The molecule has 0 unspecified atom stereocenters. The van der Waals surface area contributed by atoms with E-state index in [-0.39, 0.29) is 18.3 Å². The molecule has 1 rings (SSSR count). The van der Waals surface area contributed by atoms with Gasteiger partial charge >= 0.3 is 5.97 Å². The third-order valence-corrected chi connectivity index (χ3v) is 2.93. The van der Waals surface area contributed by atoms with Gasteiger partial charge in [0.25, 0.3) is 0 Å². The Morgan fingerprint density at radius 1 is 1.24 bits per heavy atom. The first-order valence-corrected chi connectivity index (χ1v) is 7.11. The van der Waals surface area contributed by atoms with E-state index < -0.39 is 0 Å². The van der Waals surface area contributed by atoms with Crippen molar-refractivity contribution in [1.82, 2.24) is 4.90 Å². The molecular formula is C17H23NO3. The van der Waals surface area contributed by atoms with Crippen molar-refractivity contribution in [2.45, 2.75) is 20.3 Å². The van der Waals surface area contributed by atoms with Gasteiger partial charge < -0.3 is 9.64 Å². The Morgan fingerprint density at radius 3 is 2.48 bits per heavy atom. The second kappa shape index (κ2) is 8.95. The largest absolute Gasteiger partial charge is 0.469 e. The molecule has 21 heavy (non-hydrogen) atoms. The monoisotopic (exact) mass is 289 g/mol. The van der Waals surface area contributed by atoms with Crippen LogP contribution >= 0.6 is 0 Å². The highest BCUT2D eigenvalue weighted by atomic mass is 16.5. The van der Waals surface area contributed by atoms with Gasteiger partial charge in [0.15, 0.2) is 0 Å². The van der Waals surface area contributed by atoms with Crippen molar-refractivity contribution in [3.8, 4) is 0 Å². The molecule has 0 bridgehead atoms. The van der Waals surface area contributed by atoms with E-state index in [9.17, 15) is 9.59 Å². The molecule has 0 N–H and O–H groups in total. The first kappa shape index (κ1) is 17.0. The first-order valence-electron chi connectivity index (χ1n) is 7.11. The van der Waals surface area contributed by atoms with Crippen molar-refractivity contribution < 1.29 is 14.3 Å². The summed E-state index contributed by atoms with van der Waals surface area (Å²) >= 11 is 0. The van der Waals surface area contributed by atoms with Gasteiger partial charge in [-0.2, -0.15) is 0 Å². The summed E-state index contributed by atoms with van der Waals surface area (Å²) in [7, 11) is 1.35. The maximum absolute atomic E-state index is 12.2. The van der Waals surface area contributed by atoms with Crippen LogP contribution in [0.25, 0.3) is 6.08 Å². The highest BCUT2D eigenvalue weighted by molar-refractivity contribution is 5.92. The van der Waals surface area contributed by atoms with Crippen LogP contribution in [-0.2, 0) is 14.3 Å². The molecule has 0 fully saturated rings. The topological polar surface area (TPSA) is 46.6 Å². The maximum atomic E-state index is 12.2. The van der Waals surface area contributed by atoms with Crippen LogP contribution in [0.15, 0.2) is 36.4 Å². The van der Waals surface area contributed by atoms with Crippen LogP contribution in [0.4, 0.5) is 0 Å². The highest BCUT2D eigenvalue weighted by Crippen LogP contribution is 2.05. The van der Waals surface area contributed by atoms with Gasteiger partial charge in [-0.25, -0.2) is 0 Å². The number of nitrogens with zero attached hydrogens (tertiary/aromatic N) is 1. The lowest BCUT2D eigenvalue weighted by atomic mass is 10.2. The second-order valence-corrected chi connectivity index (χ2v) is 5.25. The van der Waals surface area contributed by atoms with Crippen LogP contribution in [0.2, 0.25) is 0 Å². The number of methoxy groups -OCH3 is 1. The van der Waals surface area contributed by atoms with E-state index in [2.05, 4.69) is 4.74 Å². The second-order valence-electron chi connectivity index (χ2n) is 5.25. The number of carbonyl (C=O) groups excluding carboxylic acids is 2. The van der Waals surface area contributed by atoms with Crippen molar-refractivity contribution in [2.24, 2.45) is 5.92 Å². The minimum Gasteiger partial charge on any atom is -0.469 e. The summed E-state index contributed by atoms with van der Waals surface area (Å²) in [6.45, 7) is 5.08. The zero-order chi connectivity index (χ0) is 15.7. The van der Waals surface area contributed by atoms with Gasteiger partial charge in [0.05, 0.1) is 13.5 Å². The van der Waals surface area contributed by atoms with E-state index in [1.54, 1.807) is 17.1 Å². The number of hydrogen-bond acceptors (Lipinski definition) is 3. The zero-order valence-electron chi connectivity index (χ0n) is 12.9. The van der Waals surface area contributed by atoms with Gasteiger partial charge in [-0.15, -0.1) is 0 Å². The van der Waals surface area contributed by atoms with Gasteiger partial charge in [-0.05, 0) is 17.6 Å². The minimum absolute atomic E-state index is 0.0866. The van der Waals surface area contributed by atoms with Crippen molar-refractivity contribution in [3.05, 3.63) is 42.0 Å². The standard InChI is InChI=1S/C17H23NO3/c1-14(2)13-18(12-11-17(20)21-3)16(19)10-9-15-7-5-4-6-8-15/h4-10,14H,11-13H2,1-3H3/b10-9+. The number of ether oxygens (including phenoxy) is 1. The van der Waals surface area contributed by atoms with E-state index in [1.807, 2.05) is 44.2 Å². The Hall–Kier alpha value is -2.10. The summed E-state index contributed by atoms with van der Waals surface area (Å²) in [6.07, 6.45) is 3.55. The van der Waals surface area contributed by atoms with Gasteiger partial charge in [-0.3, -0.25) is 9.59 Å². The molecule has 0 aliphatic rings. The Bertz CT molecular complexity index is 480. The summed E-state index contributed by atoms with van der Waals surface area (Å²) in [5.41, 5.74) is 0.975. The van der Waals surface area contributed by atoms with Crippen molar-refractivity contribution >= 4 is 18.0 Å². The Kier molecular flexibility index (Phi) is 7.23. The molecule has 0 aromatic heterocycles. The lowest BCUT2D eigenvalue weighted by molar-refractivity contribution is -0.141. The van der Waals surface area contributed by atoms with Crippen LogP contribution in [-0.4, -0.2) is 37.0 Å². The average Bonchev–Trinajstić information content (AvgIpc) is 2.49. The van der Waals surface area contributed by atoms with Crippen molar-refractivity contribution in [3.63, 3.8) is 0 Å². The molecule has 4 nitrogen and oxygen atoms in total. The molecule has 0 saturated carbocycles. The highest BCUT2D eigenvalue weighted by Gasteiger charge is 2.14. The Morgan fingerprint density at radius 2 is 1.90 bits per heavy atom. The number of benzene rings is 1. The van der Waals surface area contributed by atoms with Crippen molar-refractivity contribution in [1.29, 1.82) is 0 Å². The van der Waals surface area contributed by atoms with Crippen LogP contribution < -0.4 is 0 Å². The summed E-state index contributed by atoms with van der Waals surface area (Å²) in [5, 5.41) is 0. The first-order chi connectivity index (χ1) is 10.0. The van der Waals surface area contributed by atoms with Crippen LogP contribution in [0.5, 0.6) is 0 Å². The molecule has 0 aliphatic carbocycles. The fraction of sp³-hybridized carbons (Fsp3) is 0.412. The molecule has 0 spiro atoms. The lowest BCUT2D eigenvalue weighted by Crippen LogP contribution is -2.34. The van der Waals surface area contributed by atoms with Crippen molar-refractivity contribution in [2.75, 3.05) is 20.2 Å². The van der Waals surface area contributed by atoms with E-state index in [4.69, 9.17) is 0 Å². The van der Waals surface area contributed by atoms with E-state index in [0.717, 1.165) is 5.56 Å². The van der Waals surface area contributed by atoms with Gasteiger partial charge in [0.2, 0.25) is 5.91 Å². The maximum Gasteiger partial charge on any atom is 0.307 e. The molecule has 0 aliphatic heterocycles. The summed E-state index contributed by atoms with van der Waals surface area (Å²) in [5.74, 6) is -0.0447. The van der Waals surface area contributed by atoms with Crippen LogP contribution in [0, 0.1) is 5.92 Å². The van der Waals surface area contributed by atoms with Crippen LogP contribution in [0.1, 0.15) is 25.8 Å². The lowest BCUT2D eigenvalue weighted by Gasteiger charge is -2.22. The molecule has 0 atom stereocenters. The van der Waals surface area contributed by atoms with E-state index in [0.29, 0.717) is 19.0 Å². The Labute approximate surface area is 126 Å². The van der Waals surface area contributed by atoms with E-state index in [1.165, 1.54) is 7.11 Å². The smallest absolute Gasteiger partial charge is 0.307 e. The van der Waals surface area contributed by atoms with Crippen LogP contribution in [0.3, 0.4) is 0 Å². The molecule has 1 amide bonds. The fourth-order valence-electron chi connectivity index (χ4n) is 1.90. The number of hydrogen-bond donors (Lipinski definition) is 0. The van der Waals surface area contributed by atoms with Gasteiger partial charge in [0.1, 0.15) is 0 Å². The fourth-order valence-corrected chi connectivity index (χ4v) is 1.90. The normalized spacial score (nSPS) is 10.9. The minimum atomic E-state index is -0.302. The summed E-state index contributed by atoms with van der Waals surface area (Å²) in [4.78, 5) is 25.1. The molecule has 4 heteroatoms. The molecule has 114 valence electrons. The molecule has 1 aromatic rings. The molecule has 0 saturated heterocycles. The average molecular weight is 289 g/mol. The molecular weight excluding hydrogens is 266 g/mol. The predicted molar refractivity (Wildman–Crippen MR) is 83.5 cm³/mol. The number of esters is 1. The third kappa shape index (κ3) is 6.75. The number of amides is 1.